The van der Waals surface area contributed by atoms with Crippen molar-refractivity contribution >= 4 is 19.0 Å². The Hall–Kier alpha value is -1.76. The first-order valence-corrected chi connectivity index (χ1v) is 3.44. The molecule has 0 aliphatic rings. The molecule has 2 aromatic rings. The van der Waals surface area contributed by atoms with E-state index in [1.807, 2.05) is 12.1 Å². The summed E-state index contributed by atoms with van der Waals surface area (Å²) in [7, 11) is 5.59. The van der Waals surface area contributed by atoms with Crippen LogP contribution in [0.4, 0.5) is 0 Å². The van der Waals surface area contributed by atoms with Gasteiger partial charge in [-0.3, -0.25) is 0 Å². The van der Waals surface area contributed by atoms with Crippen molar-refractivity contribution in [3.05, 3.63) is 30.0 Å². The first-order valence-electron chi connectivity index (χ1n) is 3.44. The summed E-state index contributed by atoms with van der Waals surface area (Å²) in [5.41, 5.74) is 1.96. The molecule has 0 spiro atoms. The molecule has 3 nitrogen and oxygen atoms in total. The molecule has 2 radical (unpaired) electrons. The van der Waals surface area contributed by atoms with Gasteiger partial charge < -0.3 is 0 Å². The number of nitrogens with zero attached hydrogens (tertiary/aromatic N) is 3. The van der Waals surface area contributed by atoms with Crippen LogP contribution >= 0.6 is 0 Å². The van der Waals surface area contributed by atoms with Crippen LogP contribution in [0, 0.1) is 11.3 Å². The van der Waals surface area contributed by atoms with Crippen molar-refractivity contribution in [1.29, 1.82) is 5.26 Å². The number of fused-ring (bicyclic) bond motifs is 1. The Balaban J connectivity index is 2.80. The minimum atomic E-state index is 0.542. The summed E-state index contributed by atoms with van der Waals surface area (Å²) in [6.07, 6.45) is 1.49. The normalized spacial score (nSPS) is 9.92. The number of hydrogen-bond acceptors (Lipinski definition) is 2. The summed E-state index contributed by atoms with van der Waals surface area (Å²) in [4.78, 5) is 0. The molecule has 0 aliphatic heterocycles. The zero-order chi connectivity index (χ0) is 8.55. The third kappa shape index (κ3) is 0.875. The predicted octanol–water partition coefficient (Wildman–Crippen LogP) is -0.000220. The Bertz CT molecular complexity index is 467. The predicted molar refractivity (Wildman–Crippen MR) is 45.3 cm³/mol. The van der Waals surface area contributed by atoms with Crippen LogP contribution in [-0.4, -0.2) is 17.5 Å². The fourth-order valence-corrected chi connectivity index (χ4v) is 1.08. The zero-order valence-electron chi connectivity index (χ0n) is 6.23. The highest BCUT2D eigenvalue weighted by atomic mass is 15.2. The molecule has 0 saturated heterocycles. The van der Waals surface area contributed by atoms with Crippen molar-refractivity contribution in [2.24, 2.45) is 0 Å². The Morgan fingerprint density at radius 1 is 1.50 bits per heavy atom. The van der Waals surface area contributed by atoms with Crippen molar-refractivity contribution in [1.82, 2.24) is 9.61 Å². The molecule has 2 aromatic heterocycles. The van der Waals surface area contributed by atoms with E-state index >= 15 is 0 Å². The molecule has 0 atom stereocenters. The van der Waals surface area contributed by atoms with Gasteiger partial charge in [0.05, 0.1) is 17.3 Å². The van der Waals surface area contributed by atoms with Gasteiger partial charge >= 0.3 is 0 Å². The molecule has 0 amide bonds. The average Bonchev–Trinajstić information content (AvgIpc) is 2.47. The Labute approximate surface area is 70.6 Å². The molecule has 0 saturated carbocycles. The van der Waals surface area contributed by atoms with Crippen LogP contribution in [-0.2, 0) is 0 Å². The minimum absolute atomic E-state index is 0.542. The van der Waals surface area contributed by atoms with E-state index < -0.39 is 0 Å². The van der Waals surface area contributed by atoms with E-state index in [9.17, 15) is 0 Å². The maximum atomic E-state index is 8.57. The molecular weight excluding hydrogens is 149 g/mol. The standard InChI is InChI=1S/C8H4BN3/c9-8-2-1-7-3-6(4-10)5-11-12(7)8/h1-3,5H. The highest BCUT2D eigenvalue weighted by Gasteiger charge is 1.97. The molecule has 2 rings (SSSR count). The molecule has 0 N–H and O–H groups in total. The van der Waals surface area contributed by atoms with Crippen LogP contribution in [0.5, 0.6) is 0 Å². The second-order valence-electron chi connectivity index (χ2n) is 2.45. The van der Waals surface area contributed by atoms with Gasteiger partial charge in [0.2, 0.25) is 0 Å². The Kier molecular flexibility index (Phi) is 1.37. The molecule has 54 valence electrons. The first kappa shape index (κ1) is 6.92. The summed E-state index contributed by atoms with van der Waals surface area (Å²) in [5, 5.41) is 12.6. The summed E-state index contributed by atoms with van der Waals surface area (Å²) in [6.45, 7) is 0. The molecule has 0 fully saturated rings. The minimum Gasteiger partial charge on any atom is -0.249 e. The van der Waals surface area contributed by atoms with Crippen molar-refractivity contribution in [2.45, 2.75) is 0 Å². The van der Waals surface area contributed by atoms with E-state index in [0.717, 1.165) is 5.52 Å². The largest absolute Gasteiger partial charge is 0.249 e. The summed E-state index contributed by atoms with van der Waals surface area (Å²) < 4.78 is 1.58. The van der Waals surface area contributed by atoms with Gasteiger partial charge in [-0.15, -0.1) is 0 Å². The van der Waals surface area contributed by atoms with Crippen molar-refractivity contribution in [3.8, 4) is 6.07 Å². The van der Waals surface area contributed by atoms with Crippen molar-refractivity contribution in [2.75, 3.05) is 0 Å². The van der Waals surface area contributed by atoms with Crippen molar-refractivity contribution in [3.63, 3.8) is 0 Å². The molecule has 2 heterocycles. The molecular formula is C8H4BN3. The van der Waals surface area contributed by atoms with E-state index in [1.54, 1.807) is 16.6 Å². The molecule has 12 heavy (non-hydrogen) atoms. The molecule has 0 aliphatic carbocycles. The first-order chi connectivity index (χ1) is 5.81. The van der Waals surface area contributed by atoms with Gasteiger partial charge in [-0.1, -0.05) is 0 Å². The quantitative estimate of drug-likeness (QED) is 0.499. The van der Waals surface area contributed by atoms with Crippen LogP contribution in [0.2, 0.25) is 0 Å². The lowest BCUT2D eigenvalue weighted by Crippen LogP contribution is -2.11. The molecule has 0 unspecified atom stereocenters. The highest BCUT2D eigenvalue weighted by Crippen LogP contribution is 2.02. The average molecular weight is 153 g/mol. The Morgan fingerprint density at radius 2 is 2.33 bits per heavy atom. The van der Waals surface area contributed by atoms with Gasteiger partial charge in [0.1, 0.15) is 13.9 Å². The fraction of sp³-hybridized carbons (Fsp3) is 0. The number of nitriles is 1. The number of aromatic nitrogens is 2. The topological polar surface area (TPSA) is 41.1 Å². The summed E-state index contributed by atoms with van der Waals surface area (Å²) in [5.74, 6) is 0. The van der Waals surface area contributed by atoms with Crippen LogP contribution in [0.1, 0.15) is 5.56 Å². The second-order valence-corrected chi connectivity index (χ2v) is 2.45. The maximum absolute atomic E-state index is 8.57. The summed E-state index contributed by atoms with van der Waals surface area (Å²) >= 11 is 0. The Morgan fingerprint density at radius 3 is 3.08 bits per heavy atom. The van der Waals surface area contributed by atoms with Crippen LogP contribution in [0.25, 0.3) is 5.52 Å². The van der Waals surface area contributed by atoms with E-state index in [-0.39, 0.29) is 0 Å². The van der Waals surface area contributed by atoms with Crippen LogP contribution in [0.15, 0.2) is 24.4 Å². The van der Waals surface area contributed by atoms with E-state index in [2.05, 4.69) is 5.10 Å². The molecule has 0 bridgehead atoms. The lowest BCUT2D eigenvalue weighted by molar-refractivity contribution is 0.962. The number of hydrogen-bond donors (Lipinski definition) is 0. The van der Waals surface area contributed by atoms with Gasteiger partial charge in [0.15, 0.2) is 0 Å². The third-order valence-electron chi connectivity index (χ3n) is 1.66. The van der Waals surface area contributed by atoms with Gasteiger partial charge in [-0.05, 0) is 23.8 Å². The van der Waals surface area contributed by atoms with Crippen LogP contribution in [0.3, 0.4) is 0 Å². The van der Waals surface area contributed by atoms with E-state index in [1.165, 1.54) is 6.20 Å². The monoisotopic (exact) mass is 153 g/mol. The van der Waals surface area contributed by atoms with E-state index in [0.29, 0.717) is 11.2 Å². The van der Waals surface area contributed by atoms with E-state index in [4.69, 9.17) is 13.1 Å². The molecule has 4 heteroatoms. The smallest absolute Gasteiger partial charge is 0.141 e. The zero-order valence-corrected chi connectivity index (χ0v) is 6.23. The second kappa shape index (κ2) is 2.38. The van der Waals surface area contributed by atoms with Gasteiger partial charge in [-0.25, -0.2) is 4.52 Å². The van der Waals surface area contributed by atoms with Gasteiger partial charge in [0.25, 0.3) is 0 Å². The lowest BCUT2D eigenvalue weighted by atomic mass is 10.1. The van der Waals surface area contributed by atoms with Gasteiger partial charge in [-0.2, -0.15) is 10.4 Å². The summed E-state index contributed by atoms with van der Waals surface area (Å²) in [6, 6.07) is 7.33. The van der Waals surface area contributed by atoms with Crippen LogP contribution < -0.4 is 5.59 Å². The van der Waals surface area contributed by atoms with Gasteiger partial charge in [0, 0.05) is 0 Å². The van der Waals surface area contributed by atoms with Crippen molar-refractivity contribution < 1.29 is 0 Å². The maximum Gasteiger partial charge on any atom is 0.141 e. The highest BCUT2D eigenvalue weighted by molar-refractivity contribution is 6.31. The SMILES string of the molecule is [B]c1ccc2cc(C#N)cnn12. The number of rotatable bonds is 0. The molecule has 0 aromatic carbocycles. The fourth-order valence-electron chi connectivity index (χ4n) is 1.08. The third-order valence-corrected chi connectivity index (χ3v) is 1.66. The lowest BCUT2D eigenvalue weighted by Gasteiger charge is -1.95.